The maximum absolute atomic E-state index is 10.9. The number of carbonyl (C=O) groups excluding carboxylic acids is 11. The van der Waals surface area contributed by atoms with Gasteiger partial charge in [0.1, 0.15) is 63.6 Å². The molecule has 140 heavy (non-hydrogen) atoms. The molecular weight excluding hydrogens is 1740 g/mol. The van der Waals surface area contributed by atoms with E-state index in [9.17, 15) is 52.7 Å². The number of rotatable bonds is 55. The van der Waals surface area contributed by atoms with Crippen molar-refractivity contribution < 1.29 is 57.5 Å². The molecule has 2 N–H and O–H groups in total. The second kappa shape index (κ2) is 87.1. The van der Waals surface area contributed by atoms with Crippen molar-refractivity contribution >= 4 is 63.6 Å². The molecule has 0 saturated heterocycles. The van der Waals surface area contributed by atoms with E-state index in [2.05, 4.69) is 279 Å². The number of Topliss-reactive ketones (excluding diaryl/α,β-unsaturated/α-hetero) is 11. The highest BCUT2D eigenvalue weighted by Gasteiger charge is 2.24. The highest BCUT2D eigenvalue weighted by atomic mass is 16.5. The van der Waals surface area contributed by atoms with Crippen LogP contribution in [0.2, 0.25) is 0 Å². The molecule has 0 aromatic heterocycles. The van der Waals surface area contributed by atoms with Crippen molar-refractivity contribution in [1.82, 2.24) is 15.5 Å². The molecule has 0 fully saturated rings. The number of unbranched alkanes of at least 4 members (excludes halogenated alkanes) is 6. The normalized spacial score (nSPS) is 13.0. The van der Waals surface area contributed by atoms with Gasteiger partial charge in [-0.2, -0.15) is 0 Å². The molecule has 840 valence electrons. The van der Waals surface area contributed by atoms with E-state index in [1.54, 1.807) is 76.2 Å². The monoisotopic (exact) mass is 1990 g/mol. The van der Waals surface area contributed by atoms with Crippen LogP contribution in [0.5, 0.6) is 0 Å². The summed E-state index contributed by atoms with van der Waals surface area (Å²) in [5.41, 5.74) is 3.96. The van der Waals surface area contributed by atoms with Crippen molar-refractivity contribution in [3.8, 4) is 0 Å². The fourth-order valence-electron chi connectivity index (χ4n) is 13.7. The largest absolute Gasteiger partial charge is 0.376 e. The number of ketones is 11. The minimum atomic E-state index is -0.0454. The summed E-state index contributed by atoms with van der Waals surface area (Å²) in [6.07, 6.45) is 42.7. The van der Waals surface area contributed by atoms with Crippen LogP contribution in [0.15, 0.2) is 0 Å². The van der Waals surface area contributed by atoms with E-state index in [0.717, 1.165) is 173 Å². The van der Waals surface area contributed by atoms with Gasteiger partial charge in [-0.15, -0.1) is 0 Å². The first-order valence-electron chi connectivity index (χ1n) is 56.0. The smallest absolute Gasteiger partial charge is 0.130 e. The second-order valence-electron chi connectivity index (χ2n) is 56.1. The Morgan fingerprint density at radius 2 is 0.514 bits per heavy atom. The van der Waals surface area contributed by atoms with Gasteiger partial charge in [-0.25, -0.2) is 0 Å². The summed E-state index contributed by atoms with van der Waals surface area (Å²) in [6, 6.07) is 0. The zero-order valence-electron chi connectivity index (χ0n) is 105. The summed E-state index contributed by atoms with van der Waals surface area (Å²) < 4.78 is 5.50. The Hall–Kier alpha value is -3.79. The van der Waals surface area contributed by atoms with Gasteiger partial charge in [-0.05, 0) is 394 Å². The van der Waals surface area contributed by atoms with E-state index in [4.69, 9.17) is 4.74 Å². The Morgan fingerprint density at radius 3 is 0.800 bits per heavy atom. The van der Waals surface area contributed by atoms with Crippen LogP contribution < -0.4 is 10.6 Å². The van der Waals surface area contributed by atoms with Gasteiger partial charge >= 0.3 is 0 Å². The quantitative estimate of drug-likeness (QED) is 0.0540. The molecule has 0 radical (unpaired) electrons. The van der Waals surface area contributed by atoms with E-state index in [1.165, 1.54) is 109 Å². The van der Waals surface area contributed by atoms with Gasteiger partial charge in [-0.3, -0.25) is 0 Å². The highest BCUT2D eigenvalue weighted by Crippen LogP contribution is 2.35. The lowest BCUT2D eigenvalue weighted by atomic mass is 9.77. The molecule has 0 aliphatic carbocycles. The van der Waals surface area contributed by atoms with Gasteiger partial charge in [0.15, 0.2) is 0 Å². The van der Waals surface area contributed by atoms with E-state index < -0.39 is 0 Å². The van der Waals surface area contributed by atoms with Crippen LogP contribution >= 0.6 is 0 Å². The van der Waals surface area contributed by atoms with Crippen LogP contribution in [0.4, 0.5) is 0 Å². The van der Waals surface area contributed by atoms with E-state index >= 15 is 0 Å². The number of carbonyl (C=O) groups is 11. The number of hydrogen-bond acceptors (Lipinski definition) is 15. The molecule has 0 aromatic rings. The molecule has 0 aliphatic heterocycles. The predicted octanol–water partition coefficient (Wildman–Crippen LogP) is 36.2. The zero-order valence-corrected chi connectivity index (χ0v) is 105. The molecule has 3 unspecified atom stereocenters. The Labute approximate surface area is 876 Å². The van der Waals surface area contributed by atoms with Crippen LogP contribution in [0.25, 0.3) is 0 Å². The molecule has 0 aromatic carbocycles. The van der Waals surface area contributed by atoms with Crippen molar-refractivity contribution in [3.63, 3.8) is 0 Å². The topological polar surface area (TPSA) is 224 Å². The first-order valence-corrected chi connectivity index (χ1v) is 56.0. The molecular formula is C125H253N3O12. The first kappa shape index (κ1) is 159. The lowest BCUT2D eigenvalue weighted by Crippen LogP contribution is -2.38. The Bertz CT molecular complexity index is 2930. The van der Waals surface area contributed by atoms with Crippen LogP contribution in [0, 0.1) is 72.9 Å². The van der Waals surface area contributed by atoms with Crippen molar-refractivity contribution in [3.05, 3.63) is 0 Å². The molecule has 5 atom stereocenters. The SMILES string of the molecule is CC(=O)CC(C)CCCC(C)(C)C.CC(=O)CCC(C)(C)CCC(C)(C)C.CC(=O)CCC(C)CCC(C)(C)C.CC(=O)CCCC(C)CC(C)(C)C.CC(=O)CCCCCC(C)(C)C.CC(=O)CCCCCNC(C)(C)C.CC(=O)CCCCN(C)C(C)(C)C.CC(=O)CCCCOC(C)(C)C.CC(=O)CCCNC(C)(C)C.CC(=O)CC[C@@H](C)CCC(C)(C)C.CC(=O)CC[C@H](C)CCC(C)(C)C. The predicted molar refractivity (Wildman–Crippen MR) is 616 cm³/mol. The van der Waals surface area contributed by atoms with E-state index in [1.807, 2.05) is 20.8 Å². The van der Waals surface area contributed by atoms with Gasteiger partial charge in [0.05, 0.1) is 5.60 Å². The van der Waals surface area contributed by atoms with Crippen molar-refractivity contribution in [2.45, 2.75) is 639 Å². The number of hydrogen-bond donors (Lipinski definition) is 2. The summed E-state index contributed by atoms with van der Waals surface area (Å²) in [6.45, 7) is 111. The van der Waals surface area contributed by atoms with Crippen molar-refractivity contribution in [2.75, 3.05) is 33.3 Å². The summed E-state index contributed by atoms with van der Waals surface area (Å²) in [5.74, 6) is 6.82. The lowest BCUT2D eigenvalue weighted by molar-refractivity contribution is -0.118. The lowest BCUT2D eigenvalue weighted by Gasteiger charge is -2.31. The average molecular weight is 1990 g/mol. The number of nitrogens with zero attached hydrogens (tertiary/aromatic N) is 1. The van der Waals surface area contributed by atoms with Gasteiger partial charge < -0.3 is 73.0 Å². The Kier molecular flexibility index (Phi) is 98.8. The van der Waals surface area contributed by atoms with Crippen LogP contribution in [0.1, 0.15) is 616 Å². The molecule has 0 saturated carbocycles. The fourth-order valence-corrected chi connectivity index (χ4v) is 13.7. The van der Waals surface area contributed by atoms with Gasteiger partial charge in [0.25, 0.3) is 0 Å². The molecule has 15 nitrogen and oxygen atoms in total. The maximum atomic E-state index is 10.9. The molecule has 0 spiro atoms. The number of ether oxygens (including phenoxy) is 1. The molecule has 15 heteroatoms. The molecule has 0 bridgehead atoms. The Morgan fingerprint density at radius 1 is 0.236 bits per heavy atom. The van der Waals surface area contributed by atoms with Crippen LogP contribution in [-0.4, -0.2) is 124 Å². The highest BCUT2D eigenvalue weighted by molar-refractivity contribution is 5.78. The third kappa shape index (κ3) is 186. The number of nitrogens with one attached hydrogen (secondary N) is 2. The maximum Gasteiger partial charge on any atom is 0.130 e. The minimum Gasteiger partial charge on any atom is -0.376 e. The average Bonchev–Trinajstić information content (AvgIpc) is 0.902. The third-order valence-electron chi connectivity index (χ3n) is 23.3. The van der Waals surface area contributed by atoms with E-state index in [0.29, 0.717) is 132 Å². The molecule has 0 amide bonds. The standard InChI is InChI=1S/C13H26O.5C12H24O.2C11H23NO.C11H22O.C10H20O2.C9H19NO/c1-11(14)7-8-13(5,6)10-9-12(2,3)4;3*1-10(6-7-11(2)13)8-9-12(3,4)5;1-10(9-11(2)13)7-6-8-12(3,4)5;1-10(9-12(3,4)5)7-6-8-11(2)13;1-10(13)8-6-7-9-12(5)11(2,3)4;1-10(13)8-6-5-7-9-12-11(2,3)4;1-10(12)8-6-5-7-9-11(2,3)4;1-9(11)7-5-6-8-12-10(2,3)4;1-8(11)6-5-7-10-9(2,3)4/h7-10H2,1-6H3;5*10H,6-9H2,1-5H3;6-9H2,1-5H3;12H,5-9H2,1-4H3;5-9H2,1-4H3;5-8H2,1-4H3;10H,5-7H2,1-4H3/t;2*10-;;;;;;;;/m.10......../s1. The van der Waals surface area contributed by atoms with Crippen molar-refractivity contribution in [2.24, 2.45) is 72.9 Å². The summed E-state index contributed by atoms with van der Waals surface area (Å²) in [7, 11) is 2.13. The van der Waals surface area contributed by atoms with Crippen LogP contribution in [0.3, 0.4) is 0 Å². The van der Waals surface area contributed by atoms with Crippen LogP contribution in [-0.2, 0) is 57.5 Å². The second-order valence-corrected chi connectivity index (χ2v) is 56.1. The van der Waals surface area contributed by atoms with Gasteiger partial charge in [-0.1, -0.05) is 252 Å². The zero-order chi connectivity index (χ0) is 113. The summed E-state index contributed by atoms with van der Waals surface area (Å²) in [4.78, 5) is 120. The molecule has 0 heterocycles. The minimum absolute atomic E-state index is 0.0454. The van der Waals surface area contributed by atoms with Crippen molar-refractivity contribution in [1.29, 1.82) is 0 Å². The Balaban J connectivity index is -0.000000145. The molecule has 0 rings (SSSR count). The van der Waals surface area contributed by atoms with E-state index in [-0.39, 0.29) is 33.8 Å². The summed E-state index contributed by atoms with van der Waals surface area (Å²) in [5, 5.41) is 6.75. The van der Waals surface area contributed by atoms with Gasteiger partial charge in [0, 0.05) is 93.9 Å². The summed E-state index contributed by atoms with van der Waals surface area (Å²) >= 11 is 0. The molecule has 0 aliphatic rings. The fraction of sp³-hybridized carbons (Fsp3) is 0.912. The van der Waals surface area contributed by atoms with Gasteiger partial charge in [0.2, 0.25) is 0 Å². The third-order valence-corrected chi connectivity index (χ3v) is 23.3. The first-order chi connectivity index (χ1) is 62.7.